The van der Waals surface area contributed by atoms with Crippen LogP contribution in [0.2, 0.25) is 0 Å². The quantitative estimate of drug-likeness (QED) is 0.457. The van der Waals surface area contributed by atoms with Gasteiger partial charge in [0.15, 0.2) is 0 Å². The fraction of sp³-hybridized carbons (Fsp3) is 0.296. The van der Waals surface area contributed by atoms with Gasteiger partial charge in [0.25, 0.3) is 0 Å². The van der Waals surface area contributed by atoms with E-state index in [4.69, 9.17) is 0 Å². The van der Waals surface area contributed by atoms with Crippen LogP contribution < -0.4 is 5.32 Å². The molecule has 2 aliphatic carbocycles. The Bertz CT molecular complexity index is 1250. The number of carbonyl (C=O) groups is 3. The van der Waals surface area contributed by atoms with Gasteiger partial charge in [-0.05, 0) is 35.4 Å². The monoisotopic (exact) mass is 439 g/mol. The summed E-state index contributed by atoms with van der Waals surface area (Å²) >= 11 is 0. The van der Waals surface area contributed by atoms with Gasteiger partial charge >= 0.3 is 0 Å². The van der Waals surface area contributed by atoms with Crippen LogP contribution in [-0.4, -0.2) is 40.7 Å². The zero-order chi connectivity index (χ0) is 22.5. The Morgan fingerprint density at radius 1 is 0.970 bits per heavy atom. The summed E-state index contributed by atoms with van der Waals surface area (Å²) < 4.78 is 0. The van der Waals surface area contributed by atoms with Crippen molar-refractivity contribution in [3.8, 4) is 0 Å². The van der Waals surface area contributed by atoms with Gasteiger partial charge in [0.05, 0.1) is 11.8 Å². The lowest BCUT2D eigenvalue weighted by atomic mass is 9.85. The molecule has 2 bridgehead atoms. The van der Waals surface area contributed by atoms with E-state index in [1.807, 2.05) is 42.6 Å². The van der Waals surface area contributed by atoms with Gasteiger partial charge in [0.2, 0.25) is 17.7 Å². The molecule has 1 saturated carbocycles. The summed E-state index contributed by atoms with van der Waals surface area (Å²) in [6.45, 7) is 0.167. The molecule has 2 heterocycles. The Kier molecular flexibility index (Phi) is 4.68. The minimum absolute atomic E-state index is 0.0595. The van der Waals surface area contributed by atoms with Crippen molar-refractivity contribution in [1.29, 1.82) is 0 Å². The van der Waals surface area contributed by atoms with E-state index in [1.165, 1.54) is 4.90 Å². The molecule has 33 heavy (non-hydrogen) atoms. The highest BCUT2D eigenvalue weighted by atomic mass is 16.2. The number of imide groups is 1. The molecule has 1 aliphatic heterocycles. The average Bonchev–Trinajstić information content (AvgIpc) is 3.61. The van der Waals surface area contributed by atoms with Crippen LogP contribution in [0.15, 0.2) is 72.9 Å². The summed E-state index contributed by atoms with van der Waals surface area (Å²) in [7, 11) is 0. The number of aromatic amines is 1. The van der Waals surface area contributed by atoms with Gasteiger partial charge in [0.1, 0.15) is 6.54 Å². The minimum atomic E-state index is -0.308. The lowest BCUT2D eigenvalue weighted by Crippen LogP contribution is -2.42. The molecular weight excluding hydrogens is 414 g/mol. The van der Waals surface area contributed by atoms with E-state index in [2.05, 4.69) is 40.7 Å². The van der Waals surface area contributed by atoms with Crippen molar-refractivity contribution in [2.75, 3.05) is 13.1 Å². The molecule has 2 fully saturated rings. The van der Waals surface area contributed by atoms with Crippen LogP contribution in [0.4, 0.5) is 0 Å². The zero-order valence-corrected chi connectivity index (χ0v) is 18.1. The van der Waals surface area contributed by atoms with E-state index in [0.717, 1.165) is 28.5 Å². The average molecular weight is 440 g/mol. The molecule has 3 amide bonds. The molecule has 2 N–H and O–H groups in total. The molecule has 5 unspecified atom stereocenters. The highest BCUT2D eigenvalue weighted by Gasteiger charge is 2.59. The van der Waals surface area contributed by atoms with Crippen LogP contribution in [0.5, 0.6) is 0 Å². The molecule has 2 aromatic carbocycles. The topological polar surface area (TPSA) is 82.3 Å². The standard InChI is InChI=1S/C27H25N3O3/c31-23(15-30-26(32)24-17-10-11-18(12-17)25(24)27(30)33)29-13-20(16-6-2-1-3-7-16)21-14-28-22-9-5-4-8-19(21)22/h1-11,14,17-18,20,24-25,28H,12-13,15H2,(H,29,31). The molecule has 5 atom stereocenters. The van der Waals surface area contributed by atoms with E-state index >= 15 is 0 Å². The first-order valence-corrected chi connectivity index (χ1v) is 11.5. The molecular formula is C27H25N3O3. The number of allylic oxidation sites excluding steroid dienone is 2. The van der Waals surface area contributed by atoms with Crippen LogP contribution in [0.1, 0.15) is 23.5 Å². The molecule has 3 aromatic rings. The number of benzene rings is 2. The first kappa shape index (κ1) is 20.0. The summed E-state index contributed by atoms with van der Waals surface area (Å²) in [6.07, 6.45) is 7.00. The highest BCUT2D eigenvalue weighted by molar-refractivity contribution is 6.08. The van der Waals surface area contributed by atoms with Crippen molar-refractivity contribution in [3.63, 3.8) is 0 Å². The SMILES string of the molecule is O=C(CN1C(=O)C2C3C=CC(C3)C2C1=O)NCC(c1ccccc1)c1c[nH]c2ccccc12. The lowest BCUT2D eigenvalue weighted by molar-refractivity contribution is -0.144. The molecule has 166 valence electrons. The first-order chi connectivity index (χ1) is 16.1. The molecule has 3 aliphatic rings. The number of hydrogen-bond donors (Lipinski definition) is 2. The highest BCUT2D eigenvalue weighted by Crippen LogP contribution is 2.52. The molecule has 6 nitrogen and oxygen atoms in total. The number of nitrogens with zero attached hydrogens (tertiary/aromatic N) is 1. The Labute approximate surface area is 191 Å². The Morgan fingerprint density at radius 2 is 1.64 bits per heavy atom. The fourth-order valence-electron chi connectivity index (χ4n) is 6.01. The first-order valence-electron chi connectivity index (χ1n) is 11.5. The lowest BCUT2D eigenvalue weighted by Gasteiger charge is -2.20. The van der Waals surface area contributed by atoms with Crippen LogP contribution in [0.25, 0.3) is 10.9 Å². The zero-order valence-electron chi connectivity index (χ0n) is 18.1. The number of H-pyrrole nitrogens is 1. The number of aromatic nitrogens is 1. The molecule has 6 rings (SSSR count). The smallest absolute Gasteiger partial charge is 0.240 e. The van der Waals surface area contributed by atoms with Crippen LogP contribution in [-0.2, 0) is 14.4 Å². The number of carbonyl (C=O) groups excluding carboxylic acids is 3. The van der Waals surface area contributed by atoms with Gasteiger partial charge in [0, 0.05) is 29.6 Å². The van der Waals surface area contributed by atoms with Gasteiger partial charge in [-0.15, -0.1) is 0 Å². The van der Waals surface area contributed by atoms with Crippen LogP contribution >= 0.6 is 0 Å². The van der Waals surface area contributed by atoms with E-state index < -0.39 is 0 Å². The molecule has 1 saturated heterocycles. The third kappa shape index (κ3) is 3.20. The van der Waals surface area contributed by atoms with Crippen LogP contribution in [0.3, 0.4) is 0 Å². The number of hydrogen-bond acceptors (Lipinski definition) is 3. The van der Waals surface area contributed by atoms with Gasteiger partial charge in [-0.3, -0.25) is 19.3 Å². The predicted octanol–water partition coefficient (Wildman–Crippen LogP) is 3.22. The second kappa shape index (κ2) is 7.73. The maximum absolute atomic E-state index is 12.9. The van der Waals surface area contributed by atoms with Gasteiger partial charge in [-0.2, -0.15) is 0 Å². The Hall–Kier alpha value is -3.67. The molecule has 6 heteroatoms. The van der Waals surface area contributed by atoms with Crippen molar-refractivity contribution in [1.82, 2.24) is 15.2 Å². The third-order valence-corrected chi connectivity index (χ3v) is 7.57. The molecule has 0 spiro atoms. The summed E-state index contributed by atoms with van der Waals surface area (Å²) in [5.74, 6) is -0.996. The van der Waals surface area contributed by atoms with Crippen molar-refractivity contribution in [3.05, 3.63) is 84.1 Å². The Balaban J connectivity index is 1.19. The predicted molar refractivity (Wildman–Crippen MR) is 124 cm³/mol. The fourth-order valence-corrected chi connectivity index (χ4v) is 6.01. The van der Waals surface area contributed by atoms with Gasteiger partial charge in [-0.1, -0.05) is 60.7 Å². The van der Waals surface area contributed by atoms with Crippen molar-refractivity contribution in [2.45, 2.75) is 12.3 Å². The van der Waals surface area contributed by atoms with Crippen molar-refractivity contribution < 1.29 is 14.4 Å². The van der Waals surface area contributed by atoms with E-state index in [-0.39, 0.29) is 53.9 Å². The number of fused-ring (bicyclic) bond motifs is 6. The maximum atomic E-state index is 12.9. The molecule has 1 aromatic heterocycles. The number of nitrogens with one attached hydrogen (secondary N) is 2. The largest absolute Gasteiger partial charge is 0.361 e. The second-order valence-corrected chi connectivity index (χ2v) is 9.32. The Morgan fingerprint density at radius 3 is 2.36 bits per heavy atom. The van der Waals surface area contributed by atoms with E-state index in [9.17, 15) is 14.4 Å². The number of para-hydroxylation sites is 1. The number of likely N-dealkylation sites (tertiary alicyclic amines) is 1. The van der Waals surface area contributed by atoms with E-state index in [1.54, 1.807) is 0 Å². The maximum Gasteiger partial charge on any atom is 0.240 e. The minimum Gasteiger partial charge on any atom is -0.361 e. The summed E-state index contributed by atoms with van der Waals surface area (Å²) in [4.78, 5) is 43.2. The number of amides is 3. The third-order valence-electron chi connectivity index (χ3n) is 7.57. The summed E-state index contributed by atoms with van der Waals surface area (Å²) in [6, 6.07) is 18.1. The van der Waals surface area contributed by atoms with Gasteiger partial charge in [-0.25, -0.2) is 0 Å². The van der Waals surface area contributed by atoms with Crippen LogP contribution in [0, 0.1) is 23.7 Å². The van der Waals surface area contributed by atoms with Crippen molar-refractivity contribution >= 4 is 28.6 Å². The summed E-state index contributed by atoms with van der Waals surface area (Å²) in [5.41, 5.74) is 3.23. The van der Waals surface area contributed by atoms with E-state index in [0.29, 0.717) is 6.54 Å². The number of rotatable bonds is 6. The molecule has 0 radical (unpaired) electrons. The van der Waals surface area contributed by atoms with Crippen molar-refractivity contribution in [2.24, 2.45) is 23.7 Å². The second-order valence-electron chi connectivity index (χ2n) is 9.32. The summed E-state index contributed by atoms with van der Waals surface area (Å²) in [5, 5.41) is 4.10. The van der Waals surface area contributed by atoms with Gasteiger partial charge < -0.3 is 10.3 Å². The normalized spacial score (nSPS) is 26.2.